The molecule has 2 rings (SSSR count). The van der Waals surface area contributed by atoms with Gasteiger partial charge in [-0.3, -0.25) is 4.79 Å². The van der Waals surface area contributed by atoms with Gasteiger partial charge in [-0.15, -0.1) is 0 Å². The van der Waals surface area contributed by atoms with E-state index in [9.17, 15) is 10.1 Å². The van der Waals surface area contributed by atoms with Gasteiger partial charge in [0.25, 0.3) is 5.91 Å². The van der Waals surface area contributed by atoms with Crippen LogP contribution in [0.2, 0.25) is 0 Å². The van der Waals surface area contributed by atoms with Crippen molar-refractivity contribution in [1.82, 2.24) is 0 Å². The summed E-state index contributed by atoms with van der Waals surface area (Å²) in [5.74, 6) is 0.0455. The molecule has 26 heavy (non-hydrogen) atoms. The van der Waals surface area contributed by atoms with Gasteiger partial charge in [0.05, 0.1) is 4.47 Å². The summed E-state index contributed by atoms with van der Waals surface area (Å²) >= 11 is 3.35. The first-order chi connectivity index (χ1) is 12.4. The number of aryl methyl sites for hydroxylation is 2. The van der Waals surface area contributed by atoms with Crippen LogP contribution in [0.3, 0.4) is 0 Å². The van der Waals surface area contributed by atoms with Crippen molar-refractivity contribution in [3.05, 3.63) is 63.1 Å². The molecule has 5 nitrogen and oxygen atoms in total. The number of carbonyl (C=O) groups is 1. The van der Waals surface area contributed by atoms with Gasteiger partial charge >= 0.3 is 0 Å². The molecule has 1 N–H and O–H groups in total. The van der Waals surface area contributed by atoms with Gasteiger partial charge < -0.3 is 10.1 Å². The van der Waals surface area contributed by atoms with Crippen molar-refractivity contribution < 1.29 is 9.53 Å². The Hall–Kier alpha value is -3.09. The van der Waals surface area contributed by atoms with Gasteiger partial charge in [-0.25, -0.2) is 0 Å². The minimum atomic E-state index is -0.470. The fraction of sp³-hybridized carbons (Fsp3) is 0.150. The second-order valence-corrected chi connectivity index (χ2v) is 6.43. The summed E-state index contributed by atoms with van der Waals surface area (Å²) in [5.41, 5.74) is 3.27. The van der Waals surface area contributed by atoms with Crippen LogP contribution in [0.1, 0.15) is 16.7 Å². The average Bonchev–Trinajstić information content (AvgIpc) is 2.62. The first kappa shape index (κ1) is 19.2. The number of ether oxygens (including phenoxy) is 1. The van der Waals surface area contributed by atoms with E-state index in [2.05, 4.69) is 21.2 Å². The molecule has 6 heteroatoms. The molecule has 2 aromatic carbocycles. The molecular formula is C20H16BrN3O2. The Morgan fingerprint density at radius 3 is 2.65 bits per heavy atom. The predicted octanol–water partition coefficient (Wildman–Crippen LogP) is 4.51. The van der Waals surface area contributed by atoms with Gasteiger partial charge in [-0.2, -0.15) is 10.5 Å². The molecule has 0 aliphatic carbocycles. The topological polar surface area (TPSA) is 85.9 Å². The maximum absolute atomic E-state index is 12.4. The normalized spacial score (nSPS) is 10.6. The summed E-state index contributed by atoms with van der Waals surface area (Å²) in [7, 11) is 0. The first-order valence-electron chi connectivity index (χ1n) is 7.74. The maximum atomic E-state index is 12.4. The van der Waals surface area contributed by atoms with Crippen LogP contribution in [0.5, 0.6) is 5.75 Å². The molecule has 2 aromatic rings. The Bertz CT molecular complexity index is 953. The number of nitriles is 2. The number of nitrogens with one attached hydrogen (secondary N) is 1. The van der Waals surface area contributed by atoms with Crippen LogP contribution < -0.4 is 10.1 Å². The number of anilines is 1. The van der Waals surface area contributed by atoms with Gasteiger partial charge in [0, 0.05) is 5.69 Å². The highest BCUT2D eigenvalue weighted by Gasteiger charge is 2.12. The fourth-order valence-electron chi connectivity index (χ4n) is 2.21. The second kappa shape index (κ2) is 8.84. The van der Waals surface area contributed by atoms with Crippen LogP contribution in [-0.4, -0.2) is 12.5 Å². The molecule has 0 aromatic heterocycles. The zero-order chi connectivity index (χ0) is 19.1. The second-order valence-electron chi connectivity index (χ2n) is 5.58. The molecular weight excluding hydrogens is 394 g/mol. The summed E-state index contributed by atoms with van der Waals surface area (Å²) in [6.07, 6.45) is 1.50. The van der Waals surface area contributed by atoms with E-state index in [0.29, 0.717) is 21.5 Å². The quantitative estimate of drug-likeness (QED) is 0.580. The molecule has 0 atom stereocenters. The summed E-state index contributed by atoms with van der Waals surface area (Å²) < 4.78 is 5.88. The van der Waals surface area contributed by atoms with Gasteiger partial charge in [-0.1, -0.05) is 18.2 Å². The molecule has 1 amide bonds. The lowest BCUT2D eigenvalue weighted by atomic mass is 10.1. The van der Waals surface area contributed by atoms with Gasteiger partial charge in [0.2, 0.25) is 0 Å². The molecule has 0 aliphatic heterocycles. The third-order valence-corrected chi connectivity index (χ3v) is 4.19. The minimum Gasteiger partial charge on any atom is -0.478 e. The average molecular weight is 410 g/mol. The number of nitrogens with zero attached hydrogens (tertiary/aromatic N) is 2. The molecule has 0 fully saturated rings. The number of hydrogen-bond acceptors (Lipinski definition) is 4. The third-order valence-electron chi connectivity index (χ3n) is 3.57. The molecule has 0 radical (unpaired) electrons. The van der Waals surface area contributed by atoms with E-state index < -0.39 is 5.91 Å². The molecule has 0 unspecified atom stereocenters. The molecule has 0 saturated heterocycles. The minimum absolute atomic E-state index is 0.0106. The van der Waals surface area contributed by atoms with Crippen LogP contribution in [0.25, 0.3) is 6.08 Å². The molecule has 130 valence electrons. The first-order valence-corrected chi connectivity index (χ1v) is 8.53. The Morgan fingerprint density at radius 2 is 2.00 bits per heavy atom. The largest absolute Gasteiger partial charge is 0.478 e. The van der Waals surface area contributed by atoms with E-state index in [1.807, 2.05) is 44.2 Å². The van der Waals surface area contributed by atoms with E-state index in [1.165, 1.54) is 6.08 Å². The Kier molecular flexibility index (Phi) is 6.54. The predicted molar refractivity (Wildman–Crippen MR) is 103 cm³/mol. The number of benzene rings is 2. The summed E-state index contributed by atoms with van der Waals surface area (Å²) in [6, 6.07) is 14.7. The van der Waals surface area contributed by atoms with E-state index in [4.69, 9.17) is 10.00 Å². The lowest BCUT2D eigenvalue weighted by Crippen LogP contribution is -2.14. The lowest BCUT2D eigenvalue weighted by Gasteiger charge is -2.09. The van der Waals surface area contributed by atoms with E-state index in [1.54, 1.807) is 18.2 Å². The molecule has 0 saturated carbocycles. The molecule has 0 aliphatic rings. The van der Waals surface area contributed by atoms with Crippen molar-refractivity contribution in [2.24, 2.45) is 0 Å². The zero-order valence-electron chi connectivity index (χ0n) is 14.3. The lowest BCUT2D eigenvalue weighted by molar-refractivity contribution is -0.112. The van der Waals surface area contributed by atoms with Gasteiger partial charge in [0.1, 0.15) is 23.5 Å². The SMILES string of the molecule is Cc1ccc(C)c(NC(=O)/C(C#N)=C/c2ccc(OCC#N)c(Br)c2)c1. The number of amides is 1. The zero-order valence-corrected chi connectivity index (χ0v) is 15.9. The summed E-state index contributed by atoms with van der Waals surface area (Å²) in [5, 5.41) is 20.7. The van der Waals surface area contributed by atoms with Crippen LogP contribution in [-0.2, 0) is 4.79 Å². The molecule has 0 heterocycles. The highest BCUT2D eigenvalue weighted by atomic mass is 79.9. The van der Waals surface area contributed by atoms with E-state index >= 15 is 0 Å². The van der Waals surface area contributed by atoms with Crippen molar-refractivity contribution in [3.63, 3.8) is 0 Å². The highest BCUT2D eigenvalue weighted by Crippen LogP contribution is 2.27. The van der Waals surface area contributed by atoms with E-state index in [0.717, 1.165) is 11.1 Å². The van der Waals surface area contributed by atoms with Crippen molar-refractivity contribution in [2.45, 2.75) is 13.8 Å². The van der Waals surface area contributed by atoms with Crippen molar-refractivity contribution >= 4 is 33.6 Å². The Labute approximate surface area is 160 Å². The maximum Gasteiger partial charge on any atom is 0.266 e. The Morgan fingerprint density at radius 1 is 1.23 bits per heavy atom. The number of hydrogen-bond donors (Lipinski definition) is 1. The monoisotopic (exact) mass is 409 g/mol. The summed E-state index contributed by atoms with van der Waals surface area (Å²) in [6.45, 7) is 3.76. The smallest absolute Gasteiger partial charge is 0.266 e. The van der Waals surface area contributed by atoms with Crippen molar-refractivity contribution in [2.75, 3.05) is 11.9 Å². The summed E-state index contributed by atoms with van der Waals surface area (Å²) in [4.78, 5) is 12.4. The highest BCUT2D eigenvalue weighted by molar-refractivity contribution is 9.10. The Balaban J connectivity index is 2.23. The van der Waals surface area contributed by atoms with Crippen LogP contribution in [0.15, 0.2) is 46.4 Å². The fourth-order valence-corrected chi connectivity index (χ4v) is 2.72. The molecule has 0 bridgehead atoms. The van der Waals surface area contributed by atoms with Crippen LogP contribution in [0.4, 0.5) is 5.69 Å². The number of rotatable bonds is 5. The molecule has 0 spiro atoms. The van der Waals surface area contributed by atoms with Gasteiger partial charge in [0.15, 0.2) is 6.61 Å². The van der Waals surface area contributed by atoms with Crippen molar-refractivity contribution in [3.8, 4) is 17.9 Å². The van der Waals surface area contributed by atoms with E-state index in [-0.39, 0.29) is 12.2 Å². The van der Waals surface area contributed by atoms with Gasteiger partial charge in [-0.05, 0) is 70.7 Å². The number of halogens is 1. The number of carbonyl (C=O) groups excluding carboxylic acids is 1. The van der Waals surface area contributed by atoms with Crippen LogP contribution in [0, 0.1) is 36.5 Å². The standard InChI is InChI=1S/C20H16BrN3O2/c1-13-3-4-14(2)18(9-13)24-20(25)16(12-23)10-15-5-6-19(17(21)11-15)26-8-7-22/h3-6,9-11H,8H2,1-2H3,(H,24,25)/b16-10+. The third kappa shape index (κ3) is 4.95. The van der Waals surface area contributed by atoms with Crippen molar-refractivity contribution in [1.29, 1.82) is 10.5 Å². The van der Waals surface area contributed by atoms with Crippen LogP contribution >= 0.6 is 15.9 Å².